The van der Waals surface area contributed by atoms with Gasteiger partial charge in [0.15, 0.2) is 0 Å². The third-order valence-electron chi connectivity index (χ3n) is 2.17. The molecule has 3 heteroatoms. The van der Waals surface area contributed by atoms with Crippen molar-refractivity contribution >= 4 is 0 Å². The SMILES string of the molecule is Cc1ccc(-c2nc(C)ccc2F)cn1. The minimum atomic E-state index is -0.314. The van der Waals surface area contributed by atoms with Crippen LogP contribution >= 0.6 is 0 Å². The number of aromatic nitrogens is 2. The van der Waals surface area contributed by atoms with Crippen LogP contribution < -0.4 is 0 Å². The second-order valence-electron chi connectivity index (χ2n) is 3.47. The molecule has 2 aromatic rings. The zero-order chi connectivity index (χ0) is 10.8. The summed E-state index contributed by atoms with van der Waals surface area (Å²) in [7, 11) is 0. The number of halogens is 1. The van der Waals surface area contributed by atoms with Gasteiger partial charge in [-0.15, -0.1) is 0 Å². The van der Waals surface area contributed by atoms with Gasteiger partial charge in [0.2, 0.25) is 0 Å². The normalized spacial score (nSPS) is 10.3. The number of rotatable bonds is 1. The molecular formula is C12H11FN2. The van der Waals surface area contributed by atoms with E-state index in [2.05, 4.69) is 9.97 Å². The van der Waals surface area contributed by atoms with Gasteiger partial charge >= 0.3 is 0 Å². The Labute approximate surface area is 87.8 Å². The summed E-state index contributed by atoms with van der Waals surface area (Å²) in [6.07, 6.45) is 1.64. The Hall–Kier alpha value is -1.77. The molecule has 2 aromatic heterocycles. The Morgan fingerprint density at radius 2 is 1.73 bits per heavy atom. The Morgan fingerprint density at radius 3 is 2.40 bits per heavy atom. The summed E-state index contributed by atoms with van der Waals surface area (Å²) in [6.45, 7) is 3.73. The lowest BCUT2D eigenvalue weighted by Gasteiger charge is -2.03. The molecule has 0 fully saturated rings. The predicted octanol–water partition coefficient (Wildman–Crippen LogP) is 2.90. The van der Waals surface area contributed by atoms with E-state index < -0.39 is 0 Å². The summed E-state index contributed by atoms with van der Waals surface area (Å²) in [6, 6.07) is 6.75. The molecule has 2 nitrogen and oxygen atoms in total. The highest BCUT2D eigenvalue weighted by atomic mass is 19.1. The summed E-state index contributed by atoms with van der Waals surface area (Å²) in [5.41, 5.74) is 2.78. The van der Waals surface area contributed by atoms with Gasteiger partial charge in [0.1, 0.15) is 11.5 Å². The summed E-state index contributed by atoms with van der Waals surface area (Å²) >= 11 is 0. The molecule has 2 rings (SSSR count). The van der Waals surface area contributed by atoms with E-state index in [1.807, 2.05) is 26.0 Å². The Balaban J connectivity index is 2.53. The molecule has 0 N–H and O–H groups in total. The van der Waals surface area contributed by atoms with Gasteiger partial charge in [0, 0.05) is 23.1 Å². The molecule has 0 aliphatic heterocycles. The van der Waals surface area contributed by atoms with Crippen LogP contribution in [0.1, 0.15) is 11.4 Å². The average molecular weight is 202 g/mol. The van der Waals surface area contributed by atoms with Gasteiger partial charge in [-0.25, -0.2) is 9.37 Å². The van der Waals surface area contributed by atoms with E-state index in [9.17, 15) is 4.39 Å². The molecule has 0 aliphatic carbocycles. The summed E-state index contributed by atoms with van der Waals surface area (Å²) < 4.78 is 13.5. The zero-order valence-corrected chi connectivity index (χ0v) is 8.66. The molecule has 0 atom stereocenters. The molecule has 15 heavy (non-hydrogen) atoms. The lowest BCUT2D eigenvalue weighted by Crippen LogP contribution is -1.92. The minimum Gasteiger partial charge on any atom is -0.261 e. The van der Waals surface area contributed by atoms with E-state index in [1.165, 1.54) is 6.07 Å². The van der Waals surface area contributed by atoms with Gasteiger partial charge in [-0.05, 0) is 38.1 Å². The second-order valence-corrected chi connectivity index (χ2v) is 3.47. The molecule has 0 amide bonds. The maximum absolute atomic E-state index is 13.5. The largest absolute Gasteiger partial charge is 0.261 e. The van der Waals surface area contributed by atoms with Crippen LogP contribution in [0.25, 0.3) is 11.3 Å². The second kappa shape index (κ2) is 3.77. The first-order valence-electron chi connectivity index (χ1n) is 4.73. The zero-order valence-electron chi connectivity index (χ0n) is 8.66. The number of nitrogens with zero attached hydrogens (tertiary/aromatic N) is 2. The summed E-state index contributed by atoms with van der Waals surface area (Å²) in [4.78, 5) is 8.28. The van der Waals surface area contributed by atoms with E-state index in [-0.39, 0.29) is 5.82 Å². The molecule has 2 heterocycles. The Morgan fingerprint density at radius 1 is 1.00 bits per heavy atom. The predicted molar refractivity (Wildman–Crippen MR) is 56.9 cm³/mol. The Kier molecular flexibility index (Phi) is 2.46. The molecule has 0 unspecified atom stereocenters. The number of hydrogen-bond acceptors (Lipinski definition) is 2. The quantitative estimate of drug-likeness (QED) is 0.710. The van der Waals surface area contributed by atoms with Crippen molar-refractivity contribution in [2.45, 2.75) is 13.8 Å². The van der Waals surface area contributed by atoms with Gasteiger partial charge in [-0.2, -0.15) is 0 Å². The van der Waals surface area contributed by atoms with Gasteiger partial charge < -0.3 is 0 Å². The summed E-state index contributed by atoms with van der Waals surface area (Å²) in [5.74, 6) is -0.314. The number of hydrogen-bond donors (Lipinski definition) is 0. The van der Waals surface area contributed by atoms with Crippen molar-refractivity contribution in [3.05, 3.63) is 47.7 Å². The highest BCUT2D eigenvalue weighted by Crippen LogP contribution is 2.19. The molecule has 0 radical (unpaired) electrons. The Bertz CT molecular complexity index is 477. The molecule has 0 aliphatic rings. The number of aryl methyl sites for hydroxylation is 2. The fourth-order valence-electron chi connectivity index (χ4n) is 1.35. The van der Waals surface area contributed by atoms with Crippen LogP contribution in [0.3, 0.4) is 0 Å². The first-order valence-corrected chi connectivity index (χ1v) is 4.73. The van der Waals surface area contributed by atoms with Crippen molar-refractivity contribution in [1.82, 2.24) is 9.97 Å². The molecule has 0 bridgehead atoms. The van der Waals surface area contributed by atoms with Crippen molar-refractivity contribution in [2.24, 2.45) is 0 Å². The molecule has 0 saturated heterocycles. The van der Waals surface area contributed by atoms with E-state index in [1.54, 1.807) is 12.3 Å². The van der Waals surface area contributed by atoms with Gasteiger partial charge in [-0.1, -0.05) is 0 Å². The lowest BCUT2D eigenvalue weighted by molar-refractivity contribution is 0.624. The monoisotopic (exact) mass is 202 g/mol. The van der Waals surface area contributed by atoms with Crippen LogP contribution in [0.2, 0.25) is 0 Å². The first-order chi connectivity index (χ1) is 7.16. The third kappa shape index (κ3) is 2.01. The lowest BCUT2D eigenvalue weighted by atomic mass is 10.1. The van der Waals surface area contributed by atoms with Crippen molar-refractivity contribution in [1.29, 1.82) is 0 Å². The van der Waals surface area contributed by atoms with Crippen molar-refractivity contribution < 1.29 is 4.39 Å². The average Bonchev–Trinajstić information content (AvgIpc) is 2.23. The smallest absolute Gasteiger partial charge is 0.149 e. The van der Waals surface area contributed by atoms with Crippen LogP contribution in [0.15, 0.2) is 30.5 Å². The first kappa shape index (κ1) is 9.77. The molecule has 76 valence electrons. The third-order valence-corrected chi connectivity index (χ3v) is 2.17. The molecular weight excluding hydrogens is 191 g/mol. The number of pyridine rings is 2. The highest BCUT2D eigenvalue weighted by molar-refractivity contribution is 5.58. The fraction of sp³-hybridized carbons (Fsp3) is 0.167. The molecule has 0 aromatic carbocycles. The maximum atomic E-state index is 13.5. The van der Waals surface area contributed by atoms with Crippen LogP contribution in [0, 0.1) is 19.7 Å². The topological polar surface area (TPSA) is 25.8 Å². The van der Waals surface area contributed by atoms with Crippen LogP contribution in [0.5, 0.6) is 0 Å². The van der Waals surface area contributed by atoms with E-state index in [0.717, 1.165) is 11.4 Å². The van der Waals surface area contributed by atoms with Crippen molar-refractivity contribution in [2.75, 3.05) is 0 Å². The van der Waals surface area contributed by atoms with E-state index >= 15 is 0 Å². The molecule has 0 saturated carbocycles. The van der Waals surface area contributed by atoms with Crippen LogP contribution in [-0.4, -0.2) is 9.97 Å². The van der Waals surface area contributed by atoms with Gasteiger partial charge in [0.25, 0.3) is 0 Å². The van der Waals surface area contributed by atoms with Crippen LogP contribution in [0.4, 0.5) is 4.39 Å². The van der Waals surface area contributed by atoms with Crippen LogP contribution in [-0.2, 0) is 0 Å². The van der Waals surface area contributed by atoms with Crippen molar-refractivity contribution in [3.63, 3.8) is 0 Å². The highest BCUT2D eigenvalue weighted by Gasteiger charge is 2.06. The minimum absolute atomic E-state index is 0.314. The standard InChI is InChI=1S/C12H11FN2/c1-8-3-5-10(7-14-8)12-11(13)6-4-9(2)15-12/h3-7H,1-2H3. The summed E-state index contributed by atoms with van der Waals surface area (Å²) in [5, 5.41) is 0. The van der Waals surface area contributed by atoms with Gasteiger partial charge in [0.05, 0.1) is 0 Å². The van der Waals surface area contributed by atoms with E-state index in [4.69, 9.17) is 0 Å². The fourth-order valence-corrected chi connectivity index (χ4v) is 1.35. The maximum Gasteiger partial charge on any atom is 0.149 e. The van der Waals surface area contributed by atoms with E-state index in [0.29, 0.717) is 11.3 Å². The van der Waals surface area contributed by atoms with Gasteiger partial charge in [-0.3, -0.25) is 4.98 Å². The van der Waals surface area contributed by atoms with Crippen molar-refractivity contribution in [3.8, 4) is 11.3 Å². The molecule has 0 spiro atoms.